The molecule has 0 aromatic rings. The molecule has 0 radical (unpaired) electrons. The Morgan fingerprint density at radius 2 is 2.15 bits per heavy atom. The summed E-state index contributed by atoms with van der Waals surface area (Å²) in [5.41, 5.74) is 1.27. The number of allylic oxidation sites excluding steroid dienone is 4. The van der Waals surface area contributed by atoms with Gasteiger partial charge in [-0.15, -0.1) is 0 Å². The van der Waals surface area contributed by atoms with E-state index in [2.05, 4.69) is 12.2 Å². The molecule has 0 aliphatic heterocycles. The Morgan fingerprint density at radius 3 is 2.69 bits per heavy atom. The monoisotopic (exact) mass is 180 g/mol. The summed E-state index contributed by atoms with van der Waals surface area (Å²) in [4.78, 5) is 0. The Labute approximate surface area is 79.5 Å². The molecule has 2 nitrogen and oxygen atoms in total. The largest absolute Gasteiger partial charge is 0.498 e. The highest BCUT2D eigenvalue weighted by atomic mass is 16.5. The van der Waals surface area contributed by atoms with Gasteiger partial charge in [-0.3, -0.25) is 0 Å². The Kier molecular flexibility index (Phi) is 3.77. The van der Waals surface area contributed by atoms with E-state index in [1.807, 2.05) is 19.1 Å². The van der Waals surface area contributed by atoms with Crippen LogP contribution < -0.4 is 0 Å². The molecule has 1 unspecified atom stereocenters. The summed E-state index contributed by atoms with van der Waals surface area (Å²) in [5.74, 6) is 0.899. The molecule has 0 aromatic carbocycles. The Hall–Kier alpha value is -1.02. The minimum absolute atomic E-state index is 0.0706. The van der Waals surface area contributed by atoms with Crippen LogP contribution in [-0.2, 0) is 9.47 Å². The van der Waals surface area contributed by atoms with Gasteiger partial charge in [0.2, 0.25) is 0 Å². The lowest BCUT2D eigenvalue weighted by atomic mass is 10.0. The third-order valence-electron chi connectivity index (χ3n) is 2.10. The van der Waals surface area contributed by atoms with E-state index in [0.29, 0.717) is 0 Å². The third-order valence-corrected chi connectivity index (χ3v) is 2.10. The quantitative estimate of drug-likeness (QED) is 0.664. The van der Waals surface area contributed by atoms with E-state index >= 15 is 0 Å². The fourth-order valence-corrected chi connectivity index (χ4v) is 1.42. The highest BCUT2D eigenvalue weighted by molar-refractivity contribution is 5.31. The number of rotatable bonds is 3. The predicted molar refractivity (Wildman–Crippen MR) is 53.4 cm³/mol. The molecule has 0 N–H and O–H groups in total. The van der Waals surface area contributed by atoms with Crippen molar-refractivity contribution in [3.8, 4) is 0 Å². The second-order valence-corrected chi connectivity index (χ2v) is 2.94. The van der Waals surface area contributed by atoms with Crippen molar-refractivity contribution in [2.45, 2.75) is 19.4 Å². The first-order chi connectivity index (χ1) is 6.31. The van der Waals surface area contributed by atoms with Crippen molar-refractivity contribution in [3.05, 3.63) is 35.6 Å². The van der Waals surface area contributed by atoms with E-state index in [1.54, 1.807) is 14.2 Å². The first-order valence-corrected chi connectivity index (χ1v) is 4.42. The van der Waals surface area contributed by atoms with Gasteiger partial charge < -0.3 is 9.47 Å². The smallest absolute Gasteiger partial charge is 0.125 e. The molecule has 72 valence electrons. The molecule has 0 fully saturated rings. The second-order valence-electron chi connectivity index (χ2n) is 2.94. The molecule has 1 atom stereocenters. The SMILES string of the molecule is C/C=C/C1=CC=C(OC)C(OC)C1. The van der Waals surface area contributed by atoms with E-state index in [4.69, 9.17) is 9.47 Å². The minimum Gasteiger partial charge on any atom is -0.498 e. The van der Waals surface area contributed by atoms with Crippen LogP contribution in [0.4, 0.5) is 0 Å². The maximum Gasteiger partial charge on any atom is 0.125 e. The van der Waals surface area contributed by atoms with Gasteiger partial charge in [-0.05, 0) is 18.6 Å². The van der Waals surface area contributed by atoms with Crippen molar-refractivity contribution in [3.63, 3.8) is 0 Å². The van der Waals surface area contributed by atoms with Crippen LogP contribution in [0.5, 0.6) is 0 Å². The molecule has 0 spiro atoms. The van der Waals surface area contributed by atoms with Gasteiger partial charge in [0, 0.05) is 13.5 Å². The number of hydrogen-bond acceptors (Lipinski definition) is 2. The van der Waals surface area contributed by atoms with Crippen molar-refractivity contribution < 1.29 is 9.47 Å². The predicted octanol–water partition coefficient (Wildman–Crippen LogP) is 2.44. The van der Waals surface area contributed by atoms with Crippen molar-refractivity contribution in [2.75, 3.05) is 14.2 Å². The molecular formula is C11H16O2. The molecule has 0 heterocycles. The normalized spacial score (nSPS) is 22.8. The molecule has 0 amide bonds. The van der Waals surface area contributed by atoms with Crippen LogP contribution in [0.1, 0.15) is 13.3 Å². The average molecular weight is 180 g/mol. The van der Waals surface area contributed by atoms with Crippen molar-refractivity contribution in [1.29, 1.82) is 0 Å². The van der Waals surface area contributed by atoms with E-state index < -0.39 is 0 Å². The molecular weight excluding hydrogens is 164 g/mol. The second kappa shape index (κ2) is 4.87. The van der Waals surface area contributed by atoms with Gasteiger partial charge in [-0.2, -0.15) is 0 Å². The zero-order valence-corrected chi connectivity index (χ0v) is 8.41. The van der Waals surface area contributed by atoms with Crippen LogP contribution in [0.3, 0.4) is 0 Å². The van der Waals surface area contributed by atoms with Crippen molar-refractivity contribution in [2.24, 2.45) is 0 Å². The zero-order valence-electron chi connectivity index (χ0n) is 8.41. The lowest BCUT2D eigenvalue weighted by Crippen LogP contribution is -2.18. The topological polar surface area (TPSA) is 18.5 Å². The Bertz CT molecular complexity index is 249. The Morgan fingerprint density at radius 1 is 1.38 bits per heavy atom. The molecule has 1 rings (SSSR count). The molecule has 13 heavy (non-hydrogen) atoms. The molecule has 2 heteroatoms. The van der Waals surface area contributed by atoms with Gasteiger partial charge in [0.05, 0.1) is 7.11 Å². The van der Waals surface area contributed by atoms with Gasteiger partial charge in [0.25, 0.3) is 0 Å². The summed E-state index contributed by atoms with van der Waals surface area (Å²) in [7, 11) is 3.38. The third kappa shape index (κ3) is 2.46. The fourth-order valence-electron chi connectivity index (χ4n) is 1.42. The summed E-state index contributed by atoms with van der Waals surface area (Å²) >= 11 is 0. The number of hydrogen-bond donors (Lipinski definition) is 0. The van der Waals surface area contributed by atoms with Gasteiger partial charge in [0.1, 0.15) is 11.9 Å². The highest BCUT2D eigenvalue weighted by Gasteiger charge is 2.17. The Balaban J connectivity index is 2.76. The molecule has 0 bridgehead atoms. The van der Waals surface area contributed by atoms with Crippen LogP contribution in [0.15, 0.2) is 35.6 Å². The standard InChI is InChI=1S/C11H16O2/c1-4-5-9-6-7-10(12-2)11(8-9)13-3/h4-7,11H,8H2,1-3H3/b5-4+. The van der Waals surface area contributed by atoms with Crippen molar-refractivity contribution in [1.82, 2.24) is 0 Å². The van der Waals surface area contributed by atoms with Gasteiger partial charge in [-0.1, -0.05) is 18.2 Å². The maximum absolute atomic E-state index is 5.30. The molecule has 0 saturated heterocycles. The maximum atomic E-state index is 5.30. The molecule has 1 aliphatic carbocycles. The zero-order chi connectivity index (χ0) is 9.68. The van der Waals surface area contributed by atoms with Crippen LogP contribution in [-0.4, -0.2) is 20.3 Å². The number of methoxy groups -OCH3 is 2. The molecule has 0 saturated carbocycles. The van der Waals surface area contributed by atoms with E-state index in [-0.39, 0.29) is 6.10 Å². The van der Waals surface area contributed by atoms with Crippen LogP contribution in [0.25, 0.3) is 0 Å². The first kappa shape index (κ1) is 10.1. The summed E-state index contributed by atoms with van der Waals surface area (Å²) < 4.78 is 10.5. The van der Waals surface area contributed by atoms with Crippen LogP contribution in [0.2, 0.25) is 0 Å². The molecule has 1 aliphatic rings. The van der Waals surface area contributed by atoms with Crippen LogP contribution in [0, 0.1) is 0 Å². The first-order valence-electron chi connectivity index (χ1n) is 4.42. The minimum atomic E-state index is 0.0706. The van der Waals surface area contributed by atoms with E-state index in [9.17, 15) is 0 Å². The highest BCUT2D eigenvalue weighted by Crippen LogP contribution is 2.22. The average Bonchev–Trinajstić information content (AvgIpc) is 2.18. The number of ether oxygens (including phenoxy) is 2. The van der Waals surface area contributed by atoms with Gasteiger partial charge in [-0.25, -0.2) is 0 Å². The summed E-state index contributed by atoms with van der Waals surface area (Å²) in [5, 5.41) is 0. The summed E-state index contributed by atoms with van der Waals surface area (Å²) in [6, 6.07) is 0. The van der Waals surface area contributed by atoms with Crippen molar-refractivity contribution >= 4 is 0 Å². The van der Waals surface area contributed by atoms with Gasteiger partial charge in [0.15, 0.2) is 0 Å². The van der Waals surface area contributed by atoms with E-state index in [0.717, 1.165) is 12.2 Å². The van der Waals surface area contributed by atoms with Gasteiger partial charge >= 0.3 is 0 Å². The molecule has 0 aromatic heterocycles. The summed E-state index contributed by atoms with van der Waals surface area (Å²) in [6.07, 6.45) is 9.11. The fraction of sp³-hybridized carbons (Fsp3) is 0.455. The van der Waals surface area contributed by atoms with Crippen LogP contribution >= 0.6 is 0 Å². The lowest BCUT2D eigenvalue weighted by Gasteiger charge is -2.21. The lowest BCUT2D eigenvalue weighted by molar-refractivity contribution is 0.0780. The summed E-state index contributed by atoms with van der Waals surface area (Å²) in [6.45, 7) is 2.01. The van der Waals surface area contributed by atoms with E-state index in [1.165, 1.54) is 5.57 Å².